The summed E-state index contributed by atoms with van der Waals surface area (Å²) in [6, 6.07) is 0. The van der Waals surface area contributed by atoms with E-state index >= 15 is 0 Å². The molecule has 66 heavy (non-hydrogen) atoms. The van der Waals surface area contributed by atoms with Crippen LogP contribution in [0.1, 0.15) is 271 Å². The van der Waals surface area contributed by atoms with E-state index in [9.17, 15) is 14.4 Å². The molecule has 0 aliphatic rings. The summed E-state index contributed by atoms with van der Waals surface area (Å²) in [5, 5.41) is 0. The van der Waals surface area contributed by atoms with Gasteiger partial charge in [-0.15, -0.1) is 0 Å². The summed E-state index contributed by atoms with van der Waals surface area (Å²) in [6.07, 6.45) is 69.1. The van der Waals surface area contributed by atoms with Crippen LogP contribution in [0.2, 0.25) is 0 Å². The maximum Gasteiger partial charge on any atom is 0.306 e. The maximum absolute atomic E-state index is 12.8. The van der Waals surface area contributed by atoms with Crippen LogP contribution in [-0.2, 0) is 28.6 Å². The highest BCUT2D eigenvalue weighted by Crippen LogP contribution is 2.16. The van der Waals surface area contributed by atoms with Crippen LogP contribution in [0.5, 0.6) is 0 Å². The molecule has 1 atom stereocenters. The topological polar surface area (TPSA) is 78.9 Å². The van der Waals surface area contributed by atoms with Crippen molar-refractivity contribution in [2.24, 2.45) is 0 Å². The number of esters is 3. The van der Waals surface area contributed by atoms with Gasteiger partial charge in [-0.25, -0.2) is 0 Å². The van der Waals surface area contributed by atoms with Crippen LogP contribution in [0.25, 0.3) is 0 Å². The second-order valence-corrected chi connectivity index (χ2v) is 18.5. The highest BCUT2D eigenvalue weighted by Gasteiger charge is 2.19. The molecular formula is C60H104O6. The van der Waals surface area contributed by atoms with E-state index in [1.807, 2.05) is 6.08 Å². The summed E-state index contributed by atoms with van der Waals surface area (Å²) in [5.74, 6) is -0.999. The minimum absolute atomic E-state index is 0.103. The van der Waals surface area contributed by atoms with Crippen molar-refractivity contribution in [1.29, 1.82) is 0 Å². The van der Waals surface area contributed by atoms with Crippen LogP contribution in [0, 0.1) is 0 Å². The summed E-state index contributed by atoms with van der Waals surface area (Å²) in [7, 11) is 0. The summed E-state index contributed by atoms with van der Waals surface area (Å²) in [5.41, 5.74) is 0. The van der Waals surface area contributed by atoms with E-state index in [2.05, 4.69) is 87.6 Å². The van der Waals surface area contributed by atoms with Crippen LogP contribution < -0.4 is 0 Å². The van der Waals surface area contributed by atoms with Gasteiger partial charge in [0.25, 0.3) is 0 Å². The van der Waals surface area contributed by atoms with Gasteiger partial charge in [-0.1, -0.05) is 248 Å². The molecule has 0 N–H and O–H groups in total. The monoisotopic (exact) mass is 921 g/mol. The van der Waals surface area contributed by atoms with Gasteiger partial charge in [0, 0.05) is 19.3 Å². The first kappa shape index (κ1) is 62.8. The molecule has 0 heterocycles. The number of carbonyl (C=O) groups excluding carboxylic acids is 3. The van der Waals surface area contributed by atoms with Gasteiger partial charge in [0.15, 0.2) is 6.10 Å². The fraction of sp³-hybridized carbons (Fsp3) is 0.750. The van der Waals surface area contributed by atoms with Gasteiger partial charge in [-0.2, -0.15) is 0 Å². The zero-order valence-electron chi connectivity index (χ0n) is 43.4. The average Bonchev–Trinajstić information content (AvgIpc) is 3.31. The third-order valence-corrected chi connectivity index (χ3v) is 12.0. The zero-order valence-corrected chi connectivity index (χ0v) is 43.4. The Labute approximate surface area is 408 Å². The minimum Gasteiger partial charge on any atom is -0.462 e. The summed E-state index contributed by atoms with van der Waals surface area (Å²) in [6.45, 7) is 6.46. The molecule has 0 radical (unpaired) electrons. The fourth-order valence-corrected chi connectivity index (χ4v) is 7.78. The number of rotatable bonds is 50. The van der Waals surface area contributed by atoms with Crippen molar-refractivity contribution in [2.75, 3.05) is 13.2 Å². The summed E-state index contributed by atoms with van der Waals surface area (Å²) < 4.78 is 16.8. The van der Waals surface area contributed by atoms with Gasteiger partial charge in [0.1, 0.15) is 13.2 Å². The number of hydrogen-bond acceptors (Lipinski definition) is 6. The van der Waals surface area contributed by atoms with Gasteiger partial charge in [-0.05, 0) is 77.0 Å². The lowest BCUT2D eigenvalue weighted by molar-refractivity contribution is -0.166. The van der Waals surface area contributed by atoms with Crippen molar-refractivity contribution in [2.45, 2.75) is 277 Å². The SMILES string of the molecule is CC/C=C/C/C=C/C/C=C/C/C=C/CCCCCC(=O)OC(COC(=O)CC/C=C/C/C=C/CCCCCCCC)COC(=O)CCCCCCCCCCCCCCCCCCCCC. The predicted molar refractivity (Wildman–Crippen MR) is 284 cm³/mol. The molecule has 0 saturated carbocycles. The van der Waals surface area contributed by atoms with E-state index in [-0.39, 0.29) is 44.0 Å². The molecule has 0 spiro atoms. The number of carbonyl (C=O) groups is 3. The van der Waals surface area contributed by atoms with Crippen molar-refractivity contribution >= 4 is 17.9 Å². The molecule has 0 aliphatic heterocycles. The Morgan fingerprint density at radius 3 is 1.03 bits per heavy atom. The average molecular weight is 921 g/mol. The van der Waals surface area contributed by atoms with Crippen molar-refractivity contribution in [3.8, 4) is 0 Å². The molecule has 0 aromatic rings. The zero-order chi connectivity index (χ0) is 47.9. The first-order chi connectivity index (χ1) is 32.5. The highest BCUT2D eigenvalue weighted by atomic mass is 16.6. The summed E-state index contributed by atoms with van der Waals surface area (Å²) in [4.78, 5) is 38.0. The van der Waals surface area contributed by atoms with Gasteiger partial charge in [0.05, 0.1) is 0 Å². The minimum atomic E-state index is -0.813. The second kappa shape index (κ2) is 54.5. The molecule has 1 unspecified atom stereocenters. The van der Waals surface area contributed by atoms with E-state index in [0.29, 0.717) is 12.8 Å². The lowest BCUT2D eigenvalue weighted by Gasteiger charge is -2.18. The molecule has 0 bridgehead atoms. The standard InChI is InChI=1S/C60H104O6/c1-4-7-10-13-16-19-22-25-27-29-30-31-33-35-38-41-44-47-50-53-59(62)65-56-57(55-64-58(61)52-49-46-43-40-37-34-24-21-18-15-12-9-6-3)66-60(63)54-51-48-45-42-39-36-32-28-26-23-20-17-14-11-8-5-2/h8,11,17,20,26,28,34,36-37,39,43,46,57H,4-7,9-10,12-16,18-19,21-25,27,29-33,35,38,40-42,44-45,47-56H2,1-3H3/b11-8+,20-17+,28-26+,37-34+,39-36+,46-43+. The molecular weight excluding hydrogens is 817 g/mol. The molecule has 380 valence electrons. The van der Waals surface area contributed by atoms with Gasteiger partial charge in [-0.3, -0.25) is 14.4 Å². The van der Waals surface area contributed by atoms with Crippen LogP contribution in [0.3, 0.4) is 0 Å². The second-order valence-electron chi connectivity index (χ2n) is 18.5. The molecule has 0 saturated heterocycles. The highest BCUT2D eigenvalue weighted by molar-refractivity contribution is 5.71. The first-order valence-corrected chi connectivity index (χ1v) is 27.9. The Morgan fingerprint density at radius 2 is 0.621 bits per heavy atom. The van der Waals surface area contributed by atoms with Crippen LogP contribution in [-0.4, -0.2) is 37.2 Å². The maximum atomic E-state index is 12.8. The molecule has 0 fully saturated rings. The van der Waals surface area contributed by atoms with Gasteiger partial charge in [0.2, 0.25) is 0 Å². The Balaban J connectivity index is 4.43. The molecule has 0 aliphatic carbocycles. The van der Waals surface area contributed by atoms with Crippen molar-refractivity contribution in [1.82, 2.24) is 0 Å². The number of unbranched alkanes of at least 4 members (excludes halogenated alkanes) is 27. The summed E-state index contributed by atoms with van der Waals surface area (Å²) >= 11 is 0. The van der Waals surface area contributed by atoms with E-state index in [1.165, 1.54) is 141 Å². The Morgan fingerprint density at radius 1 is 0.318 bits per heavy atom. The van der Waals surface area contributed by atoms with Gasteiger partial charge >= 0.3 is 17.9 Å². The van der Waals surface area contributed by atoms with Crippen molar-refractivity contribution < 1.29 is 28.6 Å². The van der Waals surface area contributed by atoms with Gasteiger partial charge < -0.3 is 14.2 Å². The Bertz CT molecular complexity index is 1240. The smallest absolute Gasteiger partial charge is 0.306 e. The normalized spacial score (nSPS) is 12.6. The van der Waals surface area contributed by atoms with Crippen LogP contribution in [0.4, 0.5) is 0 Å². The van der Waals surface area contributed by atoms with Crippen LogP contribution in [0.15, 0.2) is 72.9 Å². The molecule has 0 rings (SSSR count). The number of ether oxygens (including phenoxy) is 3. The van der Waals surface area contributed by atoms with E-state index in [4.69, 9.17) is 14.2 Å². The number of allylic oxidation sites excluding steroid dienone is 12. The van der Waals surface area contributed by atoms with E-state index in [0.717, 1.165) is 83.5 Å². The third-order valence-electron chi connectivity index (χ3n) is 12.0. The molecule has 0 amide bonds. The van der Waals surface area contributed by atoms with E-state index in [1.54, 1.807) is 0 Å². The molecule has 6 nitrogen and oxygen atoms in total. The number of hydrogen-bond donors (Lipinski definition) is 0. The first-order valence-electron chi connectivity index (χ1n) is 27.9. The van der Waals surface area contributed by atoms with Crippen LogP contribution >= 0.6 is 0 Å². The van der Waals surface area contributed by atoms with E-state index < -0.39 is 6.10 Å². The van der Waals surface area contributed by atoms with Crippen molar-refractivity contribution in [3.63, 3.8) is 0 Å². The Hall–Kier alpha value is -3.15. The largest absolute Gasteiger partial charge is 0.462 e. The fourth-order valence-electron chi connectivity index (χ4n) is 7.78. The molecule has 6 heteroatoms. The predicted octanol–water partition coefficient (Wildman–Crippen LogP) is 18.6. The third kappa shape index (κ3) is 51.8. The molecule has 0 aromatic heterocycles. The van der Waals surface area contributed by atoms with Crippen molar-refractivity contribution in [3.05, 3.63) is 72.9 Å². The Kier molecular flexibility index (Phi) is 51.9. The lowest BCUT2D eigenvalue weighted by atomic mass is 10.0. The molecule has 0 aromatic carbocycles. The lowest BCUT2D eigenvalue weighted by Crippen LogP contribution is -2.30. The quantitative estimate of drug-likeness (QED) is 0.0262.